The van der Waals surface area contributed by atoms with Gasteiger partial charge in [0.25, 0.3) is 5.91 Å². The average Bonchev–Trinajstić information content (AvgIpc) is 2.53. The lowest BCUT2D eigenvalue weighted by Gasteiger charge is -2.20. The summed E-state index contributed by atoms with van der Waals surface area (Å²) in [6, 6.07) is 2.85. The van der Waals surface area contributed by atoms with Gasteiger partial charge < -0.3 is 15.8 Å². The third-order valence-corrected chi connectivity index (χ3v) is 3.40. The monoisotopic (exact) mass is 360 g/mol. The zero-order valence-electron chi connectivity index (χ0n) is 13.7. The van der Waals surface area contributed by atoms with E-state index in [1.807, 2.05) is 0 Å². The molecule has 0 unspecified atom stereocenters. The lowest BCUT2D eigenvalue weighted by atomic mass is 10.00. The molecule has 0 fully saturated rings. The molecule has 0 saturated heterocycles. The zero-order valence-corrected chi connectivity index (χ0v) is 13.7. The minimum Gasteiger partial charge on any atom is -0.466 e. The van der Waals surface area contributed by atoms with E-state index in [1.165, 1.54) is 13.0 Å². The van der Waals surface area contributed by atoms with Crippen LogP contribution in [0.4, 0.5) is 13.2 Å². The molecule has 1 rings (SSSR count). The van der Waals surface area contributed by atoms with Crippen molar-refractivity contribution in [2.75, 3.05) is 6.61 Å². The molecule has 0 aliphatic carbocycles. The first-order valence-corrected chi connectivity index (χ1v) is 7.51. The fraction of sp³-hybridized carbons (Fsp3) is 0.438. The van der Waals surface area contributed by atoms with Crippen molar-refractivity contribution < 1.29 is 32.3 Å². The summed E-state index contributed by atoms with van der Waals surface area (Å²) < 4.78 is 43.7. The second kappa shape index (κ2) is 8.50. The minimum absolute atomic E-state index is 0.135. The van der Waals surface area contributed by atoms with Crippen LogP contribution in [-0.4, -0.2) is 30.4 Å². The van der Waals surface area contributed by atoms with Gasteiger partial charge in [-0.05, 0) is 25.5 Å². The molecule has 0 aliphatic rings. The smallest absolute Gasteiger partial charge is 0.417 e. The molecule has 2 amide bonds. The van der Waals surface area contributed by atoms with Crippen molar-refractivity contribution in [3.63, 3.8) is 0 Å². The summed E-state index contributed by atoms with van der Waals surface area (Å²) in [5.74, 6) is -3.43. The molecule has 6 nitrogen and oxygen atoms in total. The van der Waals surface area contributed by atoms with E-state index in [2.05, 4.69) is 5.32 Å². The fourth-order valence-electron chi connectivity index (χ4n) is 2.14. The molecular formula is C16H19F3N2O4. The highest BCUT2D eigenvalue weighted by molar-refractivity contribution is 5.98. The second-order valence-electron chi connectivity index (χ2n) is 5.36. The molecule has 3 N–H and O–H groups in total. The van der Waals surface area contributed by atoms with Crippen molar-refractivity contribution in [3.05, 3.63) is 35.4 Å². The summed E-state index contributed by atoms with van der Waals surface area (Å²) in [7, 11) is 0. The predicted octanol–water partition coefficient (Wildman–Crippen LogP) is 1.88. The number of carbonyl (C=O) groups excluding carboxylic acids is 3. The number of alkyl halides is 3. The molecule has 0 heterocycles. The molecule has 0 saturated carbocycles. The van der Waals surface area contributed by atoms with E-state index in [-0.39, 0.29) is 13.0 Å². The van der Waals surface area contributed by atoms with Gasteiger partial charge in [-0.25, -0.2) is 0 Å². The molecule has 1 aromatic carbocycles. The summed E-state index contributed by atoms with van der Waals surface area (Å²) in [6.07, 6.45) is -4.91. The normalized spacial score (nSPS) is 13.6. The Hall–Kier alpha value is -2.58. The number of hydrogen-bond acceptors (Lipinski definition) is 4. The molecule has 9 heteroatoms. The van der Waals surface area contributed by atoms with E-state index in [9.17, 15) is 27.6 Å². The molecule has 138 valence electrons. The van der Waals surface area contributed by atoms with Crippen LogP contribution in [0.2, 0.25) is 0 Å². The number of halogens is 3. The van der Waals surface area contributed by atoms with Crippen LogP contribution in [0.1, 0.15) is 36.2 Å². The Morgan fingerprint density at radius 1 is 1.24 bits per heavy atom. The van der Waals surface area contributed by atoms with Crippen LogP contribution in [0.25, 0.3) is 0 Å². The van der Waals surface area contributed by atoms with Crippen molar-refractivity contribution in [2.24, 2.45) is 11.7 Å². The summed E-state index contributed by atoms with van der Waals surface area (Å²) in [4.78, 5) is 35.3. The quantitative estimate of drug-likeness (QED) is 0.725. The van der Waals surface area contributed by atoms with Crippen LogP contribution in [0.15, 0.2) is 24.3 Å². The Labute approximate surface area is 142 Å². The highest BCUT2D eigenvalue weighted by atomic mass is 19.4. The van der Waals surface area contributed by atoms with E-state index in [0.29, 0.717) is 0 Å². The minimum atomic E-state index is -4.73. The first kappa shape index (κ1) is 20.5. The Balaban J connectivity index is 2.95. The molecule has 0 radical (unpaired) electrons. The van der Waals surface area contributed by atoms with E-state index in [0.717, 1.165) is 18.2 Å². The van der Waals surface area contributed by atoms with Crippen LogP contribution in [-0.2, 0) is 20.5 Å². The van der Waals surface area contributed by atoms with Crippen LogP contribution in [0.3, 0.4) is 0 Å². The number of rotatable bonds is 7. The van der Waals surface area contributed by atoms with Crippen molar-refractivity contribution in [1.82, 2.24) is 5.32 Å². The molecular weight excluding hydrogens is 341 g/mol. The Kier molecular flexibility index (Phi) is 6.96. The van der Waals surface area contributed by atoms with Crippen molar-refractivity contribution in [3.8, 4) is 0 Å². The van der Waals surface area contributed by atoms with Gasteiger partial charge in [-0.15, -0.1) is 0 Å². The Morgan fingerprint density at radius 3 is 2.36 bits per heavy atom. The fourth-order valence-corrected chi connectivity index (χ4v) is 2.14. The molecule has 2 atom stereocenters. The molecule has 0 spiro atoms. The molecule has 0 aromatic heterocycles. The number of carbonyl (C=O) groups is 3. The lowest BCUT2D eigenvalue weighted by Crippen LogP contribution is -2.46. The summed E-state index contributed by atoms with van der Waals surface area (Å²) in [5, 5.41) is 2.15. The van der Waals surface area contributed by atoms with Crippen LogP contribution < -0.4 is 11.1 Å². The topological polar surface area (TPSA) is 98.5 Å². The Morgan fingerprint density at radius 2 is 1.84 bits per heavy atom. The van der Waals surface area contributed by atoms with E-state index >= 15 is 0 Å². The number of hydrogen-bond donors (Lipinski definition) is 2. The molecule has 0 aliphatic heterocycles. The maximum atomic E-state index is 13.0. The van der Waals surface area contributed by atoms with Gasteiger partial charge in [0.05, 0.1) is 23.7 Å². The summed E-state index contributed by atoms with van der Waals surface area (Å²) in [5.41, 5.74) is 3.42. The van der Waals surface area contributed by atoms with Gasteiger partial charge in [-0.1, -0.05) is 19.1 Å². The third kappa shape index (κ3) is 5.77. The number of nitrogens with two attached hydrogens (primary N) is 1. The Bertz CT molecular complexity index is 647. The van der Waals surface area contributed by atoms with Gasteiger partial charge in [0.15, 0.2) is 0 Å². The SMILES string of the molecule is CCOC(=O)[C@@H](C)C[C@@H](NC(=O)c1ccccc1C(F)(F)F)C(N)=O. The second-order valence-corrected chi connectivity index (χ2v) is 5.36. The number of ether oxygens (including phenoxy) is 1. The van der Waals surface area contributed by atoms with Gasteiger partial charge in [0, 0.05) is 0 Å². The average molecular weight is 360 g/mol. The van der Waals surface area contributed by atoms with Crippen LogP contribution in [0.5, 0.6) is 0 Å². The zero-order chi connectivity index (χ0) is 19.2. The first-order chi connectivity index (χ1) is 11.6. The van der Waals surface area contributed by atoms with Gasteiger partial charge in [-0.3, -0.25) is 14.4 Å². The number of benzene rings is 1. The van der Waals surface area contributed by atoms with Crippen molar-refractivity contribution in [1.29, 1.82) is 0 Å². The van der Waals surface area contributed by atoms with Crippen LogP contribution >= 0.6 is 0 Å². The van der Waals surface area contributed by atoms with Gasteiger partial charge in [-0.2, -0.15) is 13.2 Å². The van der Waals surface area contributed by atoms with Crippen molar-refractivity contribution >= 4 is 17.8 Å². The highest BCUT2D eigenvalue weighted by Gasteiger charge is 2.35. The lowest BCUT2D eigenvalue weighted by molar-refractivity contribution is -0.147. The largest absolute Gasteiger partial charge is 0.466 e. The number of nitrogens with one attached hydrogen (secondary N) is 1. The molecule has 25 heavy (non-hydrogen) atoms. The van der Waals surface area contributed by atoms with Gasteiger partial charge in [0.1, 0.15) is 6.04 Å². The van der Waals surface area contributed by atoms with Gasteiger partial charge in [0.2, 0.25) is 5.91 Å². The maximum absolute atomic E-state index is 13.0. The summed E-state index contributed by atoms with van der Waals surface area (Å²) in [6.45, 7) is 3.20. The third-order valence-electron chi connectivity index (χ3n) is 3.40. The maximum Gasteiger partial charge on any atom is 0.417 e. The van der Waals surface area contributed by atoms with Gasteiger partial charge >= 0.3 is 12.1 Å². The number of primary amides is 1. The number of amides is 2. The molecule has 1 aromatic rings. The standard InChI is InChI=1S/C16H19F3N2O4/c1-3-25-15(24)9(2)8-12(13(20)22)21-14(23)10-6-4-5-7-11(10)16(17,18)19/h4-7,9,12H,3,8H2,1-2H3,(H2,20,22)(H,21,23)/t9-,12+/m0/s1. The summed E-state index contributed by atoms with van der Waals surface area (Å²) >= 11 is 0. The van der Waals surface area contributed by atoms with E-state index in [1.54, 1.807) is 6.92 Å². The van der Waals surface area contributed by atoms with Crippen molar-refractivity contribution in [2.45, 2.75) is 32.5 Å². The first-order valence-electron chi connectivity index (χ1n) is 7.51. The number of esters is 1. The van der Waals surface area contributed by atoms with E-state index < -0.39 is 47.0 Å². The van der Waals surface area contributed by atoms with E-state index in [4.69, 9.17) is 10.5 Å². The predicted molar refractivity (Wildman–Crippen MR) is 82.3 cm³/mol. The van der Waals surface area contributed by atoms with Crippen LogP contribution in [0, 0.1) is 5.92 Å². The highest BCUT2D eigenvalue weighted by Crippen LogP contribution is 2.31. The molecule has 0 bridgehead atoms.